The van der Waals surface area contributed by atoms with Crippen LogP contribution in [0.1, 0.15) is 24.8 Å². The van der Waals surface area contributed by atoms with Gasteiger partial charge in [0.2, 0.25) is 5.91 Å². The van der Waals surface area contributed by atoms with E-state index in [0.717, 1.165) is 18.8 Å². The monoisotopic (exact) mass is 325 g/mol. The number of amides is 1. The summed E-state index contributed by atoms with van der Waals surface area (Å²) in [4.78, 5) is 18.5. The molecule has 1 fully saturated rings. The van der Waals surface area contributed by atoms with Crippen LogP contribution in [-0.4, -0.2) is 24.0 Å². The first-order chi connectivity index (χ1) is 11.7. The average Bonchev–Trinajstić information content (AvgIpc) is 2.61. The second kappa shape index (κ2) is 7.73. The minimum absolute atomic E-state index is 0.294. The standard InChI is InChI=1S/C19H20FN3O/c20-16-6-4-5-15(13-16)7-10-19(24)22-18-9-8-17(14-21-18)23-11-2-1-3-12-23/h4-10,13-14H,1-3,11-12H2,(H,21,22,24)/b10-7+. The van der Waals surface area contributed by atoms with E-state index >= 15 is 0 Å². The van der Waals surface area contributed by atoms with Crippen molar-refractivity contribution >= 4 is 23.5 Å². The highest BCUT2D eigenvalue weighted by Gasteiger charge is 2.11. The predicted octanol–water partition coefficient (Wildman–Crippen LogP) is 3.86. The number of anilines is 2. The minimum atomic E-state index is -0.326. The summed E-state index contributed by atoms with van der Waals surface area (Å²) in [5.41, 5.74) is 1.72. The fourth-order valence-corrected chi connectivity index (χ4v) is 2.75. The van der Waals surface area contributed by atoms with E-state index in [9.17, 15) is 9.18 Å². The number of piperidine rings is 1. The van der Waals surface area contributed by atoms with Crippen molar-refractivity contribution < 1.29 is 9.18 Å². The van der Waals surface area contributed by atoms with Crippen LogP contribution in [0.2, 0.25) is 0 Å². The lowest BCUT2D eigenvalue weighted by molar-refractivity contribution is -0.111. The Morgan fingerprint density at radius 3 is 2.71 bits per heavy atom. The molecule has 0 saturated carbocycles. The fraction of sp³-hybridized carbons (Fsp3) is 0.263. The molecule has 1 aliphatic rings. The van der Waals surface area contributed by atoms with Crippen molar-refractivity contribution in [2.75, 3.05) is 23.3 Å². The quantitative estimate of drug-likeness (QED) is 0.868. The van der Waals surface area contributed by atoms with Crippen molar-refractivity contribution in [3.63, 3.8) is 0 Å². The number of aromatic nitrogens is 1. The molecule has 2 heterocycles. The third kappa shape index (κ3) is 4.41. The van der Waals surface area contributed by atoms with E-state index in [1.165, 1.54) is 37.5 Å². The maximum Gasteiger partial charge on any atom is 0.249 e. The van der Waals surface area contributed by atoms with Crippen molar-refractivity contribution in [2.24, 2.45) is 0 Å². The second-order valence-corrected chi connectivity index (χ2v) is 5.83. The molecule has 0 unspecified atom stereocenters. The second-order valence-electron chi connectivity index (χ2n) is 5.83. The number of pyridine rings is 1. The summed E-state index contributed by atoms with van der Waals surface area (Å²) < 4.78 is 13.1. The van der Waals surface area contributed by atoms with Gasteiger partial charge in [0, 0.05) is 19.2 Å². The highest BCUT2D eigenvalue weighted by molar-refractivity contribution is 6.01. The number of nitrogens with one attached hydrogen (secondary N) is 1. The van der Waals surface area contributed by atoms with E-state index in [2.05, 4.69) is 15.2 Å². The van der Waals surface area contributed by atoms with Gasteiger partial charge in [-0.2, -0.15) is 0 Å². The van der Waals surface area contributed by atoms with Crippen LogP contribution in [0.25, 0.3) is 6.08 Å². The lowest BCUT2D eigenvalue weighted by Gasteiger charge is -2.28. The molecule has 0 bridgehead atoms. The first kappa shape index (κ1) is 16.2. The molecular weight excluding hydrogens is 305 g/mol. The third-order valence-corrected chi connectivity index (χ3v) is 4.00. The summed E-state index contributed by atoms with van der Waals surface area (Å²) in [5, 5.41) is 2.71. The first-order valence-corrected chi connectivity index (χ1v) is 8.16. The van der Waals surface area contributed by atoms with E-state index in [0.29, 0.717) is 11.4 Å². The number of carbonyl (C=O) groups excluding carboxylic acids is 1. The maximum atomic E-state index is 13.1. The molecule has 1 N–H and O–H groups in total. The first-order valence-electron chi connectivity index (χ1n) is 8.16. The Hall–Kier alpha value is -2.69. The normalized spacial score (nSPS) is 14.8. The molecule has 1 saturated heterocycles. The largest absolute Gasteiger partial charge is 0.370 e. The third-order valence-electron chi connectivity index (χ3n) is 4.00. The van der Waals surface area contributed by atoms with Gasteiger partial charge in [-0.1, -0.05) is 12.1 Å². The minimum Gasteiger partial charge on any atom is -0.370 e. The van der Waals surface area contributed by atoms with Crippen LogP contribution < -0.4 is 10.2 Å². The molecule has 24 heavy (non-hydrogen) atoms. The van der Waals surface area contributed by atoms with E-state index < -0.39 is 0 Å². The number of halogens is 1. The summed E-state index contributed by atoms with van der Waals surface area (Å²) in [6, 6.07) is 9.86. The van der Waals surface area contributed by atoms with Crippen molar-refractivity contribution in [3.05, 3.63) is 60.1 Å². The number of hydrogen-bond acceptors (Lipinski definition) is 3. The van der Waals surface area contributed by atoms with Gasteiger partial charge in [0.1, 0.15) is 11.6 Å². The fourth-order valence-electron chi connectivity index (χ4n) is 2.75. The molecule has 0 spiro atoms. The van der Waals surface area contributed by atoms with Crippen LogP contribution in [0.15, 0.2) is 48.7 Å². The Kier molecular flexibility index (Phi) is 5.21. The van der Waals surface area contributed by atoms with Gasteiger partial charge in [-0.3, -0.25) is 4.79 Å². The molecule has 0 atom stereocenters. The number of rotatable bonds is 4. The Morgan fingerprint density at radius 1 is 1.17 bits per heavy atom. The Bertz CT molecular complexity index is 722. The molecule has 4 nitrogen and oxygen atoms in total. The molecule has 2 aromatic rings. The average molecular weight is 325 g/mol. The van der Waals surface area contributed by atoms with Crippen LogP contribution in [0.3, 0.4) is 0 Å². The van der Waals surface area contributed by atoms with E-state index in [1.54, 1.807) is 30.5 Å². The smallest absolute Gasteiger partial charge is 0.249 e. The van der Waals surface area contributed by atoms with E-state index in [4.69, 9.17) is 0 Å². The van der Waals surface area contributed by atoms with Gasteiger partial charge in [-0.25, -0.2) is 9.37 Å². The van der Waals surface area contributed by atoms with Crippen LogP contribution in [-0.2, 0) is 4.79 Å². The van der Waals surface area contributed by atoms with Crippen LogP contribution in [0.5, 0.6) is 0 Å². The molecule has 1 aliphatic heterocycles. The van der Waals surface area contributed by atoms with Gasteiger partial charge in [-0.15, -0.1) is 0 Å². The lowest BCUT2D eigenvalue weighted by Crippen LogP contribution is -2.29. The molecule has 3 rings (SSSR count). The van der Waals surface area contributed by atoms with E-state index in [1.807, 2.05) is 6.07 Å². The number of nitrogens with zero attached hydrogens (tertiary/aromatic N) is 2. The van der Waals surface area contributed by atoms with Crippen LogP contribution >= 0.6 is 0 Å². The van der Waals surface area contributed by atoms with Crippen molar-refractivity contribution in [2.45, 2.75) is 19.3 Å². The van der Waals surface area contributed by atoms with Gasteiger partial charge in [0.05, 0.1) is 11.9 Å². The Labute approximate surface area is 141 Å². The van der Waals surface area contributed by atoms with Crippen LogP contribution in [0.4, 0.5) is 15.9 Å². The number of hydrogen-bond donors (Lipinski definition) is 1. The molecule has 0 radical (unpaired) electrons. The van der Waals surface area contributed by atoms with Gasteiger partial charge < -0.3 is 10.2 Å². The zero-order valence-electron chi connectivity index (χ0n) is 13.4. The van der Waals surface area contributed by atoms with Crippen molar-refractivity contribution in [3.8, 4) is 0 Å². The summed E-state index contributed by atoms with van der Waals surface area (Å²) in [5.74, 6) is -0.116. The van der Waals surface area contributed by atoms with Gasteiger partial charge in [-0.05, 0) is 55.2 Å². The summed E-state index contributed by atoms with van der Waals surface area (Å²) in [7, 11) is 0. The highest BCUT2D eigenvalue weighted by Crippen LogP contribution is 2.20. The summed E-state index contributed by atoms with van der Waals surface area (Å²) in [6.07, 6.45) is 8.44. The molecule has 1 amide bonds. The van der Waals surface area contributed by atoms with Gasteiger partial charge in [0.25, 0.3) is 0 Å². The molecule has 1 aromatic heterocycles. The molecular formula is C19H20FN3O. The zero-order valence-corrected chi connectivity index (χ0v) is 13.4. The molecule has 0 aliphatic carbocycles. The molecule has 124 valence electrons. The van der Waals surface area contributed by atoms with E-state index in [-0.39, 0.29) is 11.7 Å². The van der Waals surface area contributed by atoms with Gasteiger partial charge >= 0.3 is 0 Å². The molecule has 5 heteroatoms. The Balaban J connectivity index is 1.58. The van der Waals surface area contributed by atoms with Crippen molar-refractivity contribution in [1.29, 1.82) is 0 Å². The summed E-state index contributed by atoms with van der Waals surface area (Å²) in [6.45, 7) is 2.12. The van der Waals surface area contributed by atoms with Crippen molar-refractivity contribution in [1.82, 2.24) is 4.98 Å². The SMILES string of the molecule is O=C(/C=C/c1cccc(F)c1)Nc1ccc(N2CCCCC2)cn1. The summed E-state index contributed by atoms with van der Waals surface area (Å²) >= 11 is 0. The lowest BCUT2D eigenvalue weighted by atomic mass is 10.1. The Morgan fingerprint density at radius 2 is 2.00 bits per heavy atom. The zero-order chi connectivity index (χ0) is 16.8. The predicted molar refractivity (Wildman–Crippen MR) is 94.4 cm³/mol. The number of carbonyl (C=O) groups is 1. The topological polar surface area (TPSA) is 45.2 Å². The molecule has 1 aromatic carbocycles. The highest BCUT2D eigenvalue weighted by atomic mass is 19.1. The number of benzene rings is 1. The van der Waals surface area contributed by atoms with Gasteiger partial charge in [0.15, 0.2) is 0 Å². The van der Waals surface area contributed by atoms with Crippen LogP contribution in [0, 0.1) is 5.82 Å². The maximum absolute atomic E-state index is 13.1.